The van der Waals surface area contributed by atoms with Gasteiger partial charge >= 0.3 is 5.97 Å². The summed E-state index contributed by atoms with van der Waals surface area (Å²) < 4.78 is 66.6. The van der Waals surface area contributed by atoms with Crippen LogP contribution in [0.5, 0.6) is 11.5 Å². The quantitative estimate of drug-likeness (QED) is 0.0522. The second-order valence-electron chi connectivity index (χ2n) is 14.6. The number of nitrogens with zero attached hydrogens (tertiary/aromatic N) is 1. The standard InChI is InChI=1S/C26H24ClF2NO3.C24H21F2NO2/c1-3-5-20-14-19(12-13-24(20)33-16(2)31)17-8-10-18(11-9-17)23(15-27)30-26(32)25-21(28)6-4-7-22(25)29;1-2-4-18-13-17(11-12-22(18)28)15-7-9-16(10-8-15)21-14-29-24(27-21)23-19(25)5-3-6-20(23)26/h4,6-14,23H,3,5,15H2,1-2H3,(H,30,32);3,5-13,21,28H,2,4,14H2,1H3. The lowest BCUT2D eigenvalue weighted by molar-refractivity contribution is -0.131. The third kappa shape index (κ3) is 10.9. The molecule has 0 saturated heterocycles. The number of carbonyl (C=O) groups excluding carboxylic acids is 2. The first-order valence-corrected chi connectivity index (χ1v) is 20.7. The molecule has 0 fully saturated rings. The number of aliphatic imine (C=N–C) groups is 1. The number of carbonyl (C=O) groups is 2. The van der Waals surface area contributed by atoms with E-state index in [0.29, 0.717) is 17.1 Å². The van der Waals surface area contributed by atoms with Crippen molar-refractivity contribution < 1.29 is 41.7 Å². The second kappa shape index (κ2) is 20.9. The van der Waals surface area contributed by atoms with Gasteiger partial charge in [-0.05, 0) is 106 Å². The van der Waals surface area contributed by atoms with Crippen LogP contribution in [-0.2, 0) is 22.4 Å². The van der Waals surface area contributed by atoms with Crippen LogP contribution < -0.4 is 10.1 Å². The number of rotatable bonds is 13. The van der Waals surface area contributed by atoms with Crippen molar-refractivity contribution in [2.75, 3.05) is 12.5 Å². The van der Waals surface area contributed by atoms with Gasteiger partial charge in [0.2, 0.25) is 5.90 Å². The van der Waals surface area contributed by atoms with Crippen molar-refractivity contribution in [1.82, 2.24) is 5.32 Å². The minimum atomic E-state index is -0.934. The predicted octanol–water partition coefficient (Wildman–Crippen LogP) is 12.0. The van der Waals surface area contributed by atoms with Gasteiger partial charge < -0.3 is 19.9 Å². The van der Waals surface area contributed by atoms with E-state index in [1.807, 2.05) is 67.6 Å². The number of hydrogen-bond acceptors (Lipinski definition) is 6. The van der Waals surface area contributed by atoms with Crippen molar-refractivity contribution in [3.05, 3.63) is 178 Å². The number of nitrogens with one attached hydrogen (secondary N) is 1. The van der Waals surface area contributed by atoms with Crippen molar-refractivity contribution >= 4 is 29.4 Å². The Morgan fingerprint density at radius 3 is 1.87 bits per heavy atom. The maximum Gasteiger partial charge on any atom is 0.308 e. The molecule has 7 nitrogen and oxygen atoms in total. The van der Waals surface area contributed by atoms with Gasteiger partial charge in [-0.1, -0.05) is 99.5 Å². The Bertz CT molecular complexity index is 2530. The lowest BCUT2D eigenvalue weighted by atomic mass is 9.98. The van der Waals surface area contributed by atoms with E-state index in [0.717, 1.165) is 76.8 Å². The summed E-state index contributed by atoms with van der Waals surface area (Å²) in [6, 6.07) is 32.5. The molecule has 0 spiro atoms. The molecule has 320 valence electrons. The fourth-order valence-corrected chi connectivity index (χ4v) is 7.31. The summed E-state index contributed by atoms with van der Waals surface area (Å²) in [6.45, 7) is 5.73. The maximum atomic E-state index is 14.0. The lowest BCUT2D eigenvalue weighted by Gasteiger charge is -2.18. The van der Waals surface area contributed by atoms with Crippen LogP contribution in [0.3, 0.4) is 0 Å². The average molecular weight is 865 g/mol. The number of hydrogen-bond donors (Lipinski definition) is 2. The number of phenolic OH excluding ortho intramolecular Hbond substituents is 1. The number of amides is 1. The van der Waals surface area contributed by atoms with Crippen LogP contribution in [0.25, 0.3) is 22.3 Å². The first kappa shape index (κ1) is 45.1. The number of halogens is 5. The van der Waals surface area contributed by atoms with Crippen LogP contribution in [0.4, 0.5) is 17.6 Å². The molecular weight excluding hydrogens is 820 g/mol. The van der Waals surface area contributed by atoms with E-state index in [-0.39, 0.29) is 36.0 Å². The normalized spacial score (nSPS) is 13.6. The van der Waals surface area contributed by atoms with E-state index < -0.39 is 40.8 Å². The van der Waals surface area contributed by atoms with E-state index in [9.17, 15) is 32.3 Å². The van der Waals surface area contributed by atoms with Crippen molar-refractivity contribution in [1.29, 1.82) is 0 Å². The first-order chi connectivity index (χ1) is 29.9. The van der Waals surface area contributed by atoms with Gasteiger partial charge in [0.25, 0.3) is 5.91 Å². The first-order valence-electron chi connectivity index (χ1n) is 20.2. The number of ether oxygens (including phenoxy) is 2. The molecule has 6 aromatic carbocycles. The maximum absolute atomic E-state index is 14.0. The minimum absolute atomic E-state index is 0.00239. The van der Waals surface area contributed by atoms with E-state index in [1.54, 1.807) is 24.3 Å². The van der Waals surface area contributed by atoms with Crippen LogP contribution in [0, 0.1) is 23.3 Å². The molecule has 2 N–H and O–H groups in total. The summed E-state index contributed by atoms with van der Waals surface area (Å²) >= 11 is 6.04. The molecule has 0 radical (unpaired) electrons. The van der Waals surface area contributed by atoms with Gasteiger partial charge in [-0.25, -0.2) is 22.6 Å². The Kier molecular flexibility index (Phi) is 15.2. The number of alkyl halides is 1. The molecule has 0 saturated carbocycles. The molecule has 0 bridgehead atoms. The monoisotopic (exact) mass is 864 g/mol. The van der Waals surface area contributed by atoms with Gasteiger partial charge in [0, 0.05) is 12.8 Å². The van der Waals surface area contributed by atoms with Gasteiger partial charge in [0.15, 0.2) is 0 Å². The van der Waals surface area contributed by atoms with Crippen LogP contribution >= 0.6 is 11.6 Å². The molecular formula is C50H45ClF4N2O5. The highest BCUT2D eigenvalue weighted by Gasteiger charge is 2.26. The van der Waals surface area contributed by atoms with Gasteiger partial charge in [0.05, 0.1) is 6.04 Å². The van der Waals surface area contributed by atoms with Crippen LogP contribution in [-0.4, -0.2) is 35.4 Å². The van der Waals surface area contributed by atoms with Crippen molar-refractivity contribution in [3.8, 4) is 33.8 Å². The molecule has 1 heterocycles. The van der Waals surface area contributed by atoms with Crippen LogP contribution in [0.1, 0.15) is 83.9 Å². The summed E-state index contributed by atoms with van der Waals surface area (Å²) in [5.41, 5.74) is 6.53. The highest BCUT2D eigenvalue weighted by atomic mass is 35.5. The number of phenols is 1. The summed E-state index contributed by atoms with van der Waals surface area (Å²) in [4.78, 5) is 28.2. The van der Waals surface area contributed by atoms with E-state index in [2.05, 4.69) is 17.2 Å². The Balaban J connectivity index is 0.000000208. The molecule has 2 atom stereocenters. The highest BCUT2D eigenvalue weighted by Crippen LogP contribution is 2.32. The van der Waals surface area contributed by atoms with E-state index in [1.165, 1.54) is 31.2 Å². The summed E-state index contributed by atoms with van der Waals surface area (Å²) in [7, 11) is 0. The van der Waals surface area contributed by atoms with Gasteiger partial charge in [-0.3, -0.25) is 9.59 Å². The lowest BCUT2D eigenvalue weighted by Crippen LogP contribution is -2.31. The predicted molar refractivity (Wildman–Crippen MR) is 234 cm³/mol. The highest BCUT2D eigenvalue weighted by molar-refractivity contribution is 6.18. The van der Waals surface area contributed by atoms with Crippen molar-refractivity contribution in [3.63, 3.8) is 0 Å². The van der Waals surface area contributed by atoms with E-state index in [4.69, 9.17) is 21.1 Å². The molecule has 12 heteroatoms. The molecule has 1 aliphatic heterocycles. The zero-order chi connectivity index (χ0) is 44.3. The summed E-state index contributed by atoms with van der Waals surface area (Å²) in [6.07, 6.45) is 3.44. The Morgan fingerprint density at radius 2 is 1.29 bits per heavy atom. The Morgan fingerprint density at radius 1 is 0.758 bits per heavy atom. The smallest absolute Gasteiger partial charge is 0.308 e. The summed E-state index contributed by atoms with van der Waals surface area (Å²) in [5, 5.41) is 12.6. The molecule has 1 amide bonds. The molecule has 2 unspecified atom stereocenters. The SMILES string of the molecule is CCCc1cc(-c2ccc(C(CCl)NC(=O)c3c(F)cccc3F)cc2)ccc1OC(C)=O.CCCc1cc(-c2ccc(C3COC(c4c(F)cccc4F)=N3)cc2)ccc1O. The van der Waals surface area contributed by atoms with Crippen molar-refractivity contribution in [2.45, 2.75) is 58.5 Å². The largest absolute Gasteiger partial charge is 0.508 e. The molecule has 0 aliphatic carbocycles. The average Bonchev–Trinajstić information content (AvgIpc) is 3.74. The molecule has 62 heavy (non-hydrogen) atoms. The van der Waals surface area contributed by atoms with Crippen molar-refractivity contribution in [2.24, 2.45) is 4.99 Å². The Hall–Kier alpha value is -6.46. The second-order valence-corrected chi connectivity index (χ2v) is 14.9. The van der Waals surface area contributed by atoms with Gasteiger partial charge in [-0.15, -0.1) is 11.6 Å². The minimum Gasteiger partial charge on any atom is -0.508 e. The fraction of sp³-hybridized carbons (Fsp3) is 0.220. The topological polar surface area (TPSA) is 97.2 Å². The molecule has 0 aromatic heterocycles. The molecule has 6 aromatic rings. The number of aromatic hydroxyl groups is 1. The third-order valence-corrected chi connectivity index (χ3v) is 10.5. The summed E-state index contributed by atoms with van der Waals surface area (Å²) in [5.74, 6) is -3.58. The zero-order valence-corrected chi connectivity index (χ0v) is 35.1. The third-order valence-electron chi connectivity index (χ3n) is 10.2. The van der Waals surface area contributed by atoms with E-state index >= 15 is 0 Å². The Labute approximate surface area is 363 Å². The van der Waals surface area contributed by atoms with Crippen LogP contribution in [0.15, 0.2) is 126 Å². The fourth-order valence-electron chi connectivity index (χ4n) is 7.06. The number of aryl methyl sites for hydroxylation is 2. The van der Waals surface area contributed by atoms with Gasteiger partial charge in [-0.2, -0.15) is 0 Å². The number of esters is 1. The zero-order valence-electron chi connectivity index (χ0n) is 34.4. The number of benzene rings is 6. The van der Waals surface area contributed by atoms with Crippen LogP contribution in [0.2, 0.25) is 0 Å². The van der Waals surface area contributed by atoms with Gasteiger partial charge in [0.1, 0.15) is 58.5 Å². The molecule has 1 aliphatic rings. The molecule has 7 rings (SSSR count).